The second kappa shape index (κ2) is 41.0. The van der Waals surface area contributed by atoms with Crippen molar-refractivity contribution in [3.05, 3.63) is 209 Å². The maximum Gasteiger partial charge on any atom is 0.494 e. The standard InChI is InChI=1S/C42H44N6O6.C29H37BN2O4.C20H20BrN3O4.4H2S/c1-26(49)37-33(46-39(50)36-13-9-19-48(36)40(51)53-25-27-10-6-5-7-11-27)22-32(23-43-37)30-15-14-29-21-31(17-16-28(29)20-30)34-24-44-38(45-34)35-12-8-18-47(35)41(52)54-42(2,3)4;1-27(2,3)34-26(33)32-14-8-9-25(32)24-17-22(18-31-24)20-10-11-21-16-23(13-12-19(21)15-20)30-35-28(4,5)29(6,7)36-30;1-13(25)18-16(10-15(21)11-22-18)23-19(26)17-8-5-9-24(17)20(27)28-12-14-6-3-2-4-7-14;;;;/h5-7,10-11,14-17,20-24,35-36H,8-9,12-13,18-19,25H2,1-4H3,(H,44,45)(H,46,50);10-13,15-16,18,25H,8-9,14,17H2,1-7H3;2-4,6-7,10-11,17H,5,8-9,12H2,1H3,(H,23,26);4*1H2/t35-,36-;25-;17-;;;;/m000..../s1. The van der Waals surface area contributed by atoms with E-state index in [2.05, 4.69) is 117 Å². The van der Waals surface area contributed by atoms with Gasteiger partial charge in [0.05, 0.1) is 46.6 Å². The van der Waals surface area contributed by atoms with E-state index in [-0.39, 0.29) is 144 Å². The third kappa shape index (κ3) is 23.3. The number of carbonyl (C=O) groups is 8. The van der Waals surface area contributed by atoms with Gasteiger partial charge in [0, 0.05) is 86.4 Å². The van der Waals surface area contributed by atoms with Gasteiger partial charge in [-0.25, -0.2) is 29.1 Å². The minimum absolute atomic E-state index is 0. The first kappa shape index (κ1) is 95.8. The monoisotopic (exact) mass is 1800 g/mol. The van der Waals surface area contributed by atoms with Gasteiger partial charge >= 0.3 is 31.5 Å². The number of amides is 6. The van der Waals surface area contributed by atoms with Crippen LogP contribution in [-0.2, 0) is 51.1 Å². The van der Waals surface area contributed by atoms with E-state index in [0.717, 1.165) is 111 Å². The summed E-state index contributed by atoms with van der Waals surface area (Å²) in [6, 6.07) is 45.6. The van der Waals surface area contributed by atoms with Crippen LogP contribution in [0.5, 0.6) is 0 Å². The van der Waals surface area contributed by atoms with E-state index in [0.29, 0.717) is 55.5 Å². The molecule has 0 bridgehead atoms. The van der Waals surface area contributed by atoms with Gasteiger partial charge in [0.2, 0.25) is 11.8 Å². The number of likely N-dealkylation sites (tertiary alicyclic amines) is 4. The van der Waals surface area contributed by atoms with Crippen LogP contribution in [0.1, 0.15) is 190 Å². The first-order valence-electron chi connectivity index (χ1n) is 40.2. The highest BCUT2D eigenvalue weighted by Gasteiger charge is 2.52. The normalized spacial score (nSPS) is 18.1. The summed E-state index contributed by atoms with van der Waals surface area (Å²) in [5, 5.41) is 9.94. The van der Waals surface area contributed by atoms with E-state index in [9.17, 15) is 38.4 Å². The SMILES string of the molecule is CC(=O)c1ncc(-c2ccc3cc(-c4cnc([C@@H]5CCCN5C(=O)OC(C)(C)C)[nH]4)ccc3c2)cc1NC(=O)[C@@H]1CCCN1C(=O)OCc1ccccc1.CC(=O)c1ncc(Br)cc1NC(=O)[C@@H]1CCCN1C(=O)OCc1ccccc1.CC(C)(C)OC(=O)N1CCC[C@H]1C1=NC=C(c2ccc3cc(B4OC(C)(C)C(C)(C)O4)ccc3c2)C1.S.S.S.S. The molecule has 122 heavy (non-hydrogen) atoms. The summed E-state index contributed by atoms with van der Waals surface area (Å²) in [5.74, 6) is -0.577. The van der Waals surface area contributed by atoms with Gasteiger partial charge in [0.15, 0.2) is 11.6 Å². The molecule has 6 aliphatic rings. The third-order valence-corrected chi connectivity index (χ3v) is 22.4. The quantitative estimate of drug-likeness (QED) is 0.0460. The molecule has 6 amide bonds. The molecule has 4 atom stereocenters. The number of nitrogens with one attached hydrogen (secondary N) is 3. The van der Waals surface area contributed by atoms with Crippen LogP contribution < -0.4 is 16.1 Å². The van der Waals surface area contributed by atoms with Gasteiger partial charge in [0.25, 0.3) is 0 Å². The Morgan fingerprint density at radius 1 is 0.500 bits per heavy atom. The number of nitrogens with zero attached hydrogens (tertiary/aromatic N) is 8. The van der Waals surface area contributed by atoms with E-state index < -0.39 is 41.4 Å². The van der Waals surface area contributed by atoms with Crippen LogP contribution in [0.4, 0.5) is 30.6 Å². The molecule has 0 spiro atoms. The number of ether oxygens (including phenoxy) is 4. The van der Waals surface area contributed by atoms with Crippen LogP contribution in [0.2, 0.25) is 0 Å². The zero-order valence-corrected chi connectivity index (χ0v) is 76.4. The molecule has 15 rings (SSSR count). The Hall–Kier alpha value is -10.0. The number of ketones is 2. The molecule has 0 unspecified atom stereocenters. The highest BCUT2D eigenvalue weighted by atomic mass is 79.9. The number of aliphatic imine (C=N–C) groups is 1. The van der Waals surface area contributed by atoms with E-state index in [1.54, 1.807) is 29.4 Å². The molecule has 25 nitrogen and oxygen atoms in total. The number of allylic oxidation sites excluding steroid dienone is 1. The van der Waals surface area contributed by atoms with Crippen molar-refractivity contribution in [3.8, 4) is 22.4 Å². The molecule has 646 valence electrons. The lowest BCUT2D eigenvalue weighted by Gasteiger charge is -2.32. The predicted octanol–water partition coefficient (Wildman–Crippen LogP) is 18.3. The number of benzene rings is 6. The summed E-state index contributed by atoms with van der Waals surface area (Å²) in [6.45, 7) is 24.8. The number of H-pyrrole nitrogens is 1. The number of hydrogen-bond acceptors (Lipinski definition) is 18. The van der Waals surface area contributed by atoms with Gasteiger partial charge < -0.3 is 43.9 Å². The fourth-order valence-electron chi connectivity index (χ4n) is 15.3. The Balaban J connectivity index is 0.000000217. The minimum atomic E-state index is -0.736. The molecule has 3 N–H and O–H groups in total. The number of halogens is 1. The van der Waals surface area contributed by atoms with Gasteiger partial charge in [-0.1, -0.05) is 115 Å². The summed E-state index contributed by atoms with van der Waals surface area (Å²) in [7, 11) is -0.369. The number of aromatic nitrogens is 4. The molecule has 31 heteroatoms. The van der Waals surface area contributed by atoms with E-state index in [1.807, 2.05) is 144 Å². The van der Waals surface area contributed by atoms with Crippen molar-refractivity contribution in [2.45, 2.75) is 201 Å². The van der Waals surface area contributed by atoms with Gasteiger partial charge in [0.1, 0.15) is 53.7 Å². The van der Waals surface area contributed by atoms with Crippen LogP contribution in [-0.4, -0.2) is 167 Å². The number of carbonyl (C=O) groups excluding carboxylic acids is 8. The van der Waals surface area contributed by atoms with Crippen LogP contribution in [0.15, 0.2) is 180 Å². The molecule has 0 radical (unpaired) electrons. The zero-order chi connectivity index (χ0) is 84.0. The van der Waals surface area contributed by atoms with Crippen molar-refractivity contribution in [1.82, 2.24) is 39.5 Å². The molecule has 5 saturated heterocycles. The first-order chi connectivity index (χ1) is 56.2. The maximum absolute atomic E-state index is 13.6. The summed E-state index contributed by atoms with van der Waals surface area (Å²) < 4.78 is 35.2. The Kier molecular flexibility index (Phi) is 32.2. The molecule has 9 heterocycles. The Morgan fingerprint density at radius 3 is 1.47 bits per heavy atom. The van der Waals surface area contributed by atoms with Crippen molar-refractivity contribution in [3.63, 3.8) is 0 Å². The second-order valence-corrected chi connectivity index (χ2v) is 34.4. The average molecular weight is 1800 g/mol. The second-order valence-electron chi connectivity index (χ2n) is 33.5. The predicted molar refractivity (Wildman–Crippen MR) is 499 cm³/mol. The lowest BCUT2D eigenvalue weighted by atomic mass is 9.78. The van der Waals surface area contributed by atoms with E-state index in [1.165, 1.54) is 40.8 Å². The third-order valence-electron chi connectivity index (χ3n) is 22.0. The number of fused-ring (bicyclic) bond motifs is 2. The van der Waals surface area contributed by atoms with Gasteiger partial charge in [-0.05, 0) is 222 Å². The van der Waals surface area contributed by atoms with Crippen molar-refractivity contribution >= 4 is 174 Å². The molecule has 5 fully saturated rings. The summed E-state index contributed by atoms with van der Waals surface area (Å²) >= 11 is 3.29. The molecular weight excluding hydrogens is 1690 g/mol. The van der Waals surface area contributed by atoms with Gasteiger partial charge in [-0.15, -0.1) is 0 Å². The Labute approximate surface area is 749 Å². The highest BCUT2D eigenvalue weighted by molar-refractivity contribution is 9.10. The number of Topliss-reactive ketones (excluding diaryl/α,β-unsaturated/α-hetero) is 2. The van der Waals surface area contributed by atoms with Crippen LogP contribution in [0.3, 0.4) is 0 Å². The topological polar surface area (TPSA) is 296 Å². The smallest absolute Gasteiger partial charge is 0.445 e. The molecular formula is C91H109BBrN11O14S4. The first-order valence-corrected chi connectivity index (χ1v) is 41.0. The maximum atomic E-state index is 13.6. The molecule has 9 aromatic rings. The molecule has 6 aliphatic heterocycles. The fourth-order valence-corrected chi connectivity index (χ4v) is 15.6. The van der Waals surface area contributed by atoms with Crippen molar-refractivity contribution < 1.29 is 66.6 Å². The molecule has 0 aliphatic carbocycles. The lowest BCUT2D eigenvalue weighted by molar-refractivity contribution is -0.120. The molecule has 6 aromatic carbocycles. The van der Waals surface area contributed by atoms with Crippen molar-refractivity contribution in [2.24, 2.45) is 4.99 Å². The molecule has 0 saturated carbocycles. The van der Waals surface area contributed by atoms with Crippen molar-refractivity contribution in [1.29, 1.82) is 0 Å². The lowest BCUT2D eigenvalue weighted by Crippen LogP contribution is -2.43. The average Bonchev–Trinajstić information content (AvgIpc) is 1.59. The number of hydrogen-bond donors (Lipinski definition) is 3. The van der Waals surface area contributed by atoms with Crippen LogP contribution >= 0.6 is 69.9 Å². The number of anilines is 2. The largest absolute Gasteiger partial charge is 0.494 e. The van der Waals surface area contributed by atoms with Crippen LogP contribution in [0, 0.1) is 0 Å². The van der Waals surface area contributed by atoms with Gasteiger partial charge in [-0.3, -0.25) is 48.8 Å². The molecule has 3 aromatic heterocycles. The minimum Gasteiger partial charge on any atom is -0.445 e. The van der Waals surface area contributed by atoms with Crippen LogP contribution in [0.25, 0.3) is 49.5 Å². The number of rotatable bonds is 16. The fraction of sp³-hybridized carbons (Fsp3) is 0.385. The summed E-state index contributed by atoms with van der Waals surface area (Å²) in [4.78, 5) is 130. The van der Waals surface area contributed by atoms with E-state index in [4.69, 9.17) is 33.2 Å². The highest BCUT2D eigenvalue weighted by Crippen LogP contribution is 2.40. The zero-order valence-electron chi connectivity index (χ0n) is 70.8. The Bertz CT molecular complexity index is 5360. The Morgan fingerprint density at radius 2 is 0.943 bits per heavy atom. The number of imidazole rings is 1. The van der Waals surface area contributed by atoms with Crippen molar-refractivity contribution in [2.75, 3.05) is 36.8 Å². The van der Waals surface area contributed by atoms with Gasteiger partial charge in [-0.2, -0.15) is 54.0 Å². The number of pyridine rings is 2. The number of aromatic amines is 1. The van der Waals surface area contributed by atoms with E-state index >= 15 is 0 Å². The summed E-state index contributed by atoms with van der Waals surface area (Å²) in [5.41, 5.74) is 8.64. The summed E-state index contributed by atoms with van der Waals surface area (Å²) in [6.07, 6.45) is 11.9.